The van der Waals surface area contributed by atoms with Gasteiger partial charge in [-0.2, -0.15) is 0 Å². The van der Waals surface area contributed by atoms with Gasteiger partial charge in [-0.15, -0.1) is 0 Å². The van der Waals surface area contributed by atoms with Crippen molar-refractivity contribution in [2.24, 2.45) is 11.7 Å². The molecular formula is C21H28N2O2. The van der Waals surface area contributed by atoms with Crippen LogP contribution in [0.1, 0.15) is 44.1 Å². The number of carbonyl (C=O) groups is 1. The molecule has 2 atom stereocenters. The summed E-state index contributed by atoms with van der Waals surface area (Å²) < 4.78 is 0. The predicted octanol–water partition coefficient (Wildman–Crippen LogP) is 3.11. The number of amides is 1. The second-order valence-electron chi connectivity index (χ2n) is 7.20. The fraction of sp³-hybridized carbons (Fsp3) is 0.476. The van der Waals surface area contributed by atoms with Gasteiger partial charge in [0.15, 0.2) is 0 Å². The molecule has 4 N–H and O–H groups in total. The highest BCUT2D eigenvalue weighted by Crippen LogP contribution is 2.27. The molecule has 0 aromatic heterocycles. The zero-order valence-corrected chi connectivity index (χ0v) is 14.7. The number of hydrogen-bond donors (Lipinski definition) is 3. The Kier molecular flexibility index (Phi) is 6.05. The second kappa shape index (κ2) is 8.45. The number of aliphatic hydroxyl groups is 1. The average molecular weight is 340 g/mol. The Hall–Kier alpha value is -1.91. The predicted molar refractivity (Wildman–Crippen MR) is 101 cm³/mol. The van der Waals surface area contributed by atoms with Gasteiger partial charge in [-0.3, -0.25) is 4.79 Å². The van der Waals surface area contributed by atoms with Crippen molar-refractivity contribution >= 4 is 16.7 Å². The minimum Gasteiger partial charge on any atom is -0.382 e. The number of hydrogen-bond acceptors (Lipinski definition) is 3. The molecule has 1 aliphatic rings. The summed E-state index contributed by atoms with van der Waals surface area (Å²) in [5.41, 5.74) is 7.14. The minimum atomic E-state index is -1.14. The fourth-order valence-corrected chi connectivity index (χ4v) is 3.86. The van der Waals surface area contributed by atoms with Gasteiger partial charge in [0, 0.05) is 12.6 Å². The van der Waals surface area contributed by atoms with Crippen molar-refractivity contribution in [1.29, 1.82) is 0 Å². The molecule has 1 amide bonds. The van der Waals surface area contributed by atoms with Crippen LogP contribution in [0.4, 0.5) is 0 Å². The summed E-state index contributed by atoms with van der Waals surface area (Å²) in [5, 5.41) is 15.4. The molecule has 1 saturated carbocycles. The van der Waals surface area contributed by atoms with E-state index in [4.69, 9.17) is 5.73 Å². The van der Waals surface area contributed by atoms with E-state index in [-0.39, 0.29) is 5.91 Å². The second-order valence-corrected chi connectivity index (χ2v) is 7.20. The van der Waals surface area contributed by atoms with Crippen LogP contribution in [0.5, 0.6) is 0 Å². The third-order valence-corrected chi connectivity index (χ3v) is 5.34. The molecule has 0 heterocycles. The first-order valence-electron chi connectivity index (χ1n) is 9.33. The Morgan fingerprint density at radius 3 is 2.64 bits per heavy atom. The summed E-state index contributed by atoms with van der Waals surface area (Å²) in [7, 11) is 0. The molecule has 0 saturated heterocycles. The van der Waals surface area contributed by atoms with Crippen LogP contribution in [-0.2, 0) is 11.3 Å². The molecule has 2 aromatic carbocycles. The largest absolute Gasteiger partial charge is 0.382 e. The third kappa shape index (κ3) is 4.59. The van der Waals surface area contributed by atoms with Crippen LogP contribution in [-0.4, -0.2) is 23.2 Å². The van der Waals surface area contributed by atoms with Crippen LogP contribution in [0, 0.1) is 5.92 Å². The van der Waals surface area contributed by atoms with E-state index < -0.39 is 12.1 Å². The van der Waals surface area contributed by atoms with Gasteiger partial charge in [0.05, 0.1) is 0 Å². The average Bonchev–Trinajstić information content (AvgIpc) is 2.66. The van der Waals surface area contributed by atoms with Crippen LogP contribution in [0.25, 0.3) is 10.8 Å². The Morgan fingerprint density at radius 2 is 1.84 bits per heavy atom. The van der Waals surface area contributed by atoms with Crippen LogP contribution in [0.2, 0.25) is 0 Å². The molecule has 2 unspecified atom stereocenters. The lowest BCUT2D eigenvalue weighted by Gasteiger charge is -2.26. The number of rotatable bonds is 6. The monoisotopic (exact) mass is 340 g/mol. The maximum Gasteiger partial charge on any atom is 0.250 e. The fourth-order valence-electron chi connectivity index (χ4n) is 3.86. The van der Waals surface area contributed by atoms with E-state index >= 15 is 0 Å². The molecule has 2 aromatic rings. The van der Waals surface area contributed by atoms with Crippen LogP contribution >= 0.6 is 0 Å². The molecule has 3 rings (SSSR count). The van der Waals surface area contributed by atoms with Gasteiger partial charge < -0.3 is 16.2 Å². The van der Waals surface area contributed by atoms with Crippen LogP contribution < -0.4 is 11.1 Å². The van der Waals surface area contributed by atoms with E-state index in [2.05, 4.69) is 17.4 Å². The number of fused-ring (bicyclic) bond motifs is 1. The molecule has 0 aliphatic heterocycles. The van der Waals surface area contributed by atoms with Gasteiger partial charge in [-0.1, -0.05) is 74.6 Å². The quantitative estimate of drug-likeness (QED) is 0.756. The standard InChI is InChI=1S/C21H28N2O2/c22-19(13-15-7-2-1-3-8-15)20(24)21(25)23-14-17-11-6-10-16-9-4-5-12-18(16)17/h4-6,9-12,15,19-20,24H,1-3,7-8,13-14,22H2,(H,23,25). The van der Waals surface area contributed by atoms with Gasteiger partial charge in [0.2, 0.25) is 0 Å². The molecular weight excluding hydrogens is 312 g/mol. The molecule has 0 bridgehead atoms. The summed E-state index contributed by atoms with van der Waals surface area (Å²) in [4.78, 5) is 12.3. The van der Waals surface area contributed by atoms with Gasteiger partial charge >= 0.3 is 0 Å². The minimum absolute atomic E-state index is 0.378. The zero-order chi connectivity index (χ0) is 17.6. The van der Waals surface area contributed by atoms with E-state index in [9.17, 15) is 9.90 Å². The van der Waals surface area contributed by atoms with E-state index in [0.717, 1.165) is 35.6 Å². The molecule has 134 valence electrons. The molecule has 1 aliphatic carbocycles. The van der Waals surface area contributed by atoms with Crippen molar-refractivity contribution in [1.82, 2.24) is 5.32 Å². The molecule has 0 spiro atoms. The topological polar surface area (TPSA) is 75.3 Å². The summed E-state index contributed by atoms with van der Waals surface area (Å²) >= 11 is 0. The van der Waals surface area contributed by atoms with Crippen molar-refractivity contribution in [3.8, 4) is 0 Å². The number of benzene rings is 2. The van der Waals surface area contributed by atoms with Crippen molar-refractivity contribution < 1.29 is 9.90 Å². The highest BCUT2D eigenvalue weighted by Gasteiger charge is 2.26. The molecule has 25 heavy (non-hydrogen) atoms. The highest BCUT2D eigenvalue weighted by atomic mass is 16.3. The Morgan fingerprint density at radius 1 is 1.12 bits per heavy atom. The maximum atomic E-state index is 12.3. The van der Waals surface area contributed by atoms with E-state index in [1.165, 1.54) is 19.3 Å². The van der Waals surface area contributed by atoms with Crippen LogP contribution in [0.3, 0.4) is 0 Å². The highest BCUT2D eigenvalue weighted by molar-refractivity contribution is 5.86. The zero-order valence-electron chi connectivity index (χ0n) is 14.7. The van der Waals surface area contributed by atoms with Crippen molar-refractivity contribution in [2.45, 2.75) is 57.2 Å². The van der Waals surface area contributed by atoms with Crippen molar-refractivity contribution in [2.75, 3.05) is 0 Å². The number of carbonyl (C=O) groups excluding carboxylic acids is 1. The summed E-state index contributed by atoms with van der Waals surface area (Å²) in [6.45, 7) is 0.396. The lowest BCUT2D eigenvalue weighted by Crippen LogP contribution is -2.47. The van der Waals surface area contributed by atoms with Crippen molar-refractivity contribution in [3.63, 3.8) is 0 Å². The van der Waals surface area contributed by atoms with Crippen molar-refractivity contribution in [3.05, 3.63) is 48.0 Å². The van der Waals surface area contributed by atoms with Gasteiger partial charge in [-0.25, -0.2) is 0 Å². The smallest absolute Gasteiger partial charge is 0.250 e. The Labute approximate surface area is 149 Å². The SMILES string of the molecule is NC(CC1CCCCC1)C(O)C(=O)NCc1cccc2ccccc12. The van der Waals surface area contributed by atoms with Crippen LogP contribution in [0.15, 0.2) is 42.5 Å². The molecule has 0 radical (unpaired) electrons. The third-order valence-electron chi connectivity index (χ3n) is 5.34. The lowest BCUT2D eigenvalue weighted by atomic mass is 9.84. The molecule has 4 heteroatoms. The Bertz CT molecular complexity index is 705. The normalized spacial score (nSPS) is 18.0. The summed E-state index contributed by atoms with van der Waals surface area (Å²) in [6.07, 6.45) is 5.68. The first-order valence-corrected chi connectivity index (χ1v) is 9.33. The van der Waals surface area contributed by atoms with E-state index in [1.807, 2.05) is 30.3 Å². The lowest BCUT2D eigenvalue weighted by molar-refractivity contribution is -0.130. The molecule has 1 fully saturated rings. The maximum absolute atomic E-state index is 12.3. The van der Waals surface area contributed by atoms with E-state index in [0.29, 0.717) is 12.5 Å². The Balaban J connectivity index is 1.55. The van der Waals surface area contributed by atoms with Gasteiger partial charge in [0.25, 0.3) is 5.91 Å². The number of aliphatic hydroxyl groups excluding tert-OH is 1. The summed E-state index contributed by atoms with van der Waals surface area (Å²) in [6, 6.07) is 13.6. The van der Waals surface area contributed by atoms with Gasteiger partial charge in [0.1, 0.15) is 6.10 Å². The summed E-state index contributed by atoms with van der Waals surface area (Å²) in [5.74, 6) is 0.167. The van der Waals surface area contributed by atoms with E-state index in [1.54, 1.807) is 0 Å². The first-order chi connectivity index (χ1) is 12.1. The molecule has 4 nitrogen and oxygen atoms in total. The van der Waals surface area contributed by atoms with Gasteiger partial charge in [-0.05, 0) is 28.7 Å². The first kappa shape index (κ1) is 17.9. The number of nitrogens with two attached hydrogens (primary N) is 1. The number of nitrogens with one attached hydrogen (secondary N) is 1.